The third-order valence-electron chi connectivity index (χ3n) is 4.02. The van der Waals surface area contributed by atoms with Crippen LogP contribution in [0, 0.1) is 5.92 Å². The van der Waals surface area contributed by atoms with Crippen molar-refractivity contribution >= 4 is 23.3 Å². The number of nitrogens with one attached hydrogen (secondary N) is 1. The van der Waals surface area contributed by atoms with Crippen LogP contribution >= 0.6 is 11.6 Å². The lowest BCUT2D eigenvalue weighted by Crippen LogP contribution is -2.38. The van der Waals surface area contributed by atoms with Crippen LogP contribution in [0.25, 0.3) is 0 Å². The highest BCUT2D eigenvalue weighted by molar-refractivity contribution is 6.33. The van der Waals surface area contributed by atoms with Crippen LogP contribution in [0.1, 0.15) is 23.3 Å². The van der Waals surface area contributed by atoms with E-state index in [1.807, 2.05) is 7.05 Å². The molecular weight excluding hydrogens is 288 g/mol. The molecule has 0 atom stereocenters. The maximum atomic E-state index is 12.5. The number of anilines is 1. The molecule has 1 aromatic heterocycles. The second kappa shape index (κ2) is 7.09. The lowest BCUT2D eigenvalue weighted by Gasteiger charge is -2.31. The van der Waals surface area contributed by atoms with E-state index >= 15 is 0 Å². The zero-order valence-electron chi connectivity index (χ0n) is 12.9. The number of nitrogens with zero attached hydrogens (tertiary/aromatic N) is 3. The van der Waals surface area contributed by atoms with Crippen molar-refractivity contribution in [2.75, 3.05) is 46.1 Å². The second-order valence-electron chi connectivity index (χ2n) is 5.71. The molecule has 0 bridgehead atoms. The quantitative estimate of drug-likeness (QED) is 0.926. The number of rotatable bonds is 4. The van der Waals surface area contributed by atoms with Crippen LogP contribution in [0.2, 0.25) is 5.02 Å². The van der Waals surface area contributed by atoms with E-state index in [0.29, 0.717) is 22.5 Å². The van der Waals surface area contributed by atoms with Gasteiger partial charge in [0.05, 0.1) is 5.02 Å². The molecule has 1 aliphatic heterocycles. The van der Waals surface area contributed by atoms with Gasteiger partial charge in [-0.3, -0.25) is 4.79 Å². The number of pyridine rings is 1. The molecule has 1 amide bonds. The first-order valence-corrected chi connectivity index (χ1v) is 7.67. The van der Waals surface area contributed by atoms with Crippen molar-refractivity contribution in [1.29, 1.82) is 0 Å². The van der Waals surface area contributed by atoms with E-state index in [1.54, 1.807) is 24.1 Å². The number of likely N-dealkylation sites (tertiary alicyclic amines) is 1. The van der Waals surface area contributed by atoms with Crippen molar-refractivity contribution in [3.8, 4) is 0 Å². The largest absolute Gasteiger partial charge is 0.373 e. The summed E-state index contributed by atoms with van der Waals surface area (Å²) in [5.41, 5.74) is 0.318. The van der Waals surface area contributed by atoms with Crippen molar-refractivity contribution in [3.63, 3.8) is 0 Å². The molecule has 0 radical (unpaired) electrons. The highest BCUT2D eigenvalue weighted by Crippen LogP contribution is 2.21. The Bertz CT molecular complexity index is 500. The molecular formula is C15H23ClN4O. The van der Waals surface area contributed by atoms with Crippen LogP contribution < -0.4 is 5.32 Å². The van der Waals surface area contributed by atoms with Crippen molar-refractivity contribution in [2.45, 2.75) is 12.8 Å². The standard InChI is InChI=1S/C15H23ClN4O/c1-17-13-5-4-12(16)14(18-13)15(21)20(3)10-11-6-8-19(2)9-7-11/h4-5,11H,6-10H2,1-3H3,(H,17,18). The summed E-state index contributed by atoms with van der Waals surface area (Å²) in [6, 6.07) is 3.47. The Morgan fingerprint density at radius 3 is 2.76 bits per heavy atom. The van der Waals surface area contributed by atoms with E-state index in [1.165, 1.54) is 0 Å². The summed E-state index contributed by atoms with van der Waals surface area (Å²) in [4.78, 5) is 20.9. The summed E-state index contributed by atoms with van der Waals surface area (Å²) in [6.07, 6.45) is 2.26. The number of hydrogen-bond donors (Lipinski definition) is 1. The Morgan fingerprint density at radius 1 is 1.48 bits per heavy atom. The molecule has 0 spiro atoms. The number of amides is 1. The molecule has 21 heavy (non-hydrogen) atoms. The molecule has 0 unspecified atom stereocenters. The van der Waals surface area contributed by atoms with E-state index in [4.69, 9.17) is 11.6 Å². The van der Waals surface area contributed by atoms with Crippen LogP contribution in [-0.2, 0) is 0 Å². The highest BCUT2D eigenvalue weighted by Gasteiger charge is 2.23. The summed E-state index contributed by atoms with van der Waals surface area (Å²) >= 11 is 6.11. The molecule has 2 rings (SSSR count). The molecule has 6 heteroatoms. The van der Waals surface area contributed by atoms with Gasteiger partial charge in [0.15, 0.2) is 0 Å². The van der Waals surface area contributed by atoms with Gasteiger partial charge in [0.25, 0.3) is 5.91 Å². The summed E-state index contributed by atoms with van der Waals surface area (Å²) in [5, 5.41) is 3.33. The molecule has 1 aliphatic rings. The minimum atomic E-state index is -0.115. The molecule has 5 nitrogen and oxygen atoms in total. The summed E-state index contributed by atoms with van der Waals surface area (Å²) < 4.78 is 0. The van der Waals surface area contributed by atoms with Crippen molar-refractivity contribution in [2.24, 2.45) is 5.92 Å². The fraction of sp³-hybridized carbons (Fsp3) is 0.600. The Balaban J connectivity index is 2.02. The molecule has 0 aliphatic carbocycles. The minimum Gasteiger partial charge on any atom is -0.373 e. The number of piperidine rings is 1. The van der Waals surface area contributed by atoms with Crippen LogP contribution in [-0.4, -0.2) is 61.5 Å². The van der Waals surface area contributed by atoms with Crippen molar-refractivity contribution in [3.05, 3.63) is 22.8 Å². The fourth-order valence-electron chi connectivity index (χ4n) is 2.63. The zero-order valence-corrected chi connectivity index (χ0v) is 13.7. The Kier molecular flexibility index (Phi) is 5.42. The first-order valence-electron chi connectivity index (χ1n) is 7.29. The van der Waals surface area contributed by atoms with E-state index in [2.05, 4.69) is 22.2 Å². The molecule has 1 N–H and O–H groups in total. The van der Waals surface area contributed by atoms with Gasteiger partial charge in [-0.15, -0.1) is 0 Å². The van der Waals surface area contributed by atoms with Gasteiger partial charge >= 0.3 is 0 Å². The molecule has 1 saturated heterocycles. The Labute approximate surface area is 131 Å². The third kappa shape index (κ3) is 4.08. The van der Waals surface area contributed by atoms with Crippen molar-refractivity contribution in [1.82, 2.24) is 14.8 Å². The smallest absolute Gasteiger partial charge is 0.273 e. The third-order valence-corrected chi connectivity index (χ3v) is 4.33. The van der Waals surface area contributed by atoms with Gasteiger partial charge in [-0.05, 0) is 51.0 Å². The minimum absolute atomic E-state index is 0.115. The maximum Gasteiger partial charge on any atom is 0.273 e. The maximum absolute atomic E-state index is 12.5. The normalized spacial score (nSPS) is 16.8. The summed E-state index contributed by atoms with van der Waals surface area (Å²) in [6.45, 7) is 2.95. The van der Waals surface area contributed by atoms with Gasteiger partial charge in [0.1, 0.15) is 11.5 Å². The first-order chi connectivity index (χ1) is 10.0. The van der Waals surface area contributed by atoms with Crippen molar-refractivity contribution < 1.29 is 4.79 Å². The lowest BCUT2D eigenvalue weighted by molar-refractivity contribution is 0.0742. The van der Waals surface area contributed by atoms with Gasteiger partial charge in [-0.2, -0.15) is 0 Å². The van der Waals surface area contributed by atoms with E-state index in [-0.39, 0.29) is 5.91 Å². The van der Waals surface area contributed by atoms with Crippen LogP contribution in [0.15, 0.2) is 12.1 Å². The number of carbonyl (C=O) groups excluding carboxylic acids is 1. The average molecular weight is 311 g/mol. The molecule has 0 aromatic carbocycles. The second-order valence-corrected chi connectivity index (χ2v) is 6.12. The topological polar surface area (TPSA) is 48.5 Å². The SMILES string of the molecule is CNc1ccc(Cl)c(C(=O)N(C)CC2CCN(C)CC2)n1. The number of hydrogen-bond acceptors (Lipinski definition) is 4. The number of carbonyl (C=O) groups is 1. The Hall–Kier alpha value is -1.33. The molecule has 2 heterocycles. The number of halogens is 1. The van der Waals surface area contributed by atoms with E-state index in [0.717, 1.165) is 32.5 Å². The fourth-order valence-corrected chi connectivity index (χ4v) is 2.81. The van der Waals surface area contributed by atoms with Gasteiger partial charge in [0.2, 0.25) is 0 Å². The first kappa shape index (κ1) is 16.0. The van der Waals surface area contributed by atoms with Gasteiger partial charge in [-0.25, -0.2) is 4.98 Å². The predicted molar refractivity (Wildman–Crippen MR) is 86.0 cm³/mol. The zero-order chi connectivity index (χ0) is 15.4. The molecule has 0 saturated carbocycles. The summed E-state index contributed by atoms with van der Waals surface area (Å²) in [7, 11) is 5.73. The predicted octanol–water partition coefficient (Wildman–Crippen LogP) is 2.19. The lowest BCUT2D eigenvalue weighted by atomic mass is 9.96. The van der Waals surface area contributed by atoms with E-state index in [9.17, 15) is 4.79 Å². The van der Waals surface area contributed by atoms with Gasteiger partial charge in [0, 0.05) is 20.6 Å². The summed E-state index contributed by atoms with van der Waals surface area (Å²) in [5.74, 6) is 1.09. The van der Waals surface area contributed by atoms with Crippen LogP contribution in [0.3, 0.4) is 0 Å². The molecule has 1 aromatic rings. The van der Waals surface area contributed by atoms with E-state index < -0.39 is 0 Å². The van der Waals surface area contributed by atoms with Gasteiger partial charge < -0.3 is 15.1 Å². The number of aromatic nitrogens is 1. The molecule has 1 fully saturated rings. The molecule has 116 valence electrons. The van der Waals surface area contributed by atoms with Crippen LogP contribution in [0.4, 0.5) is 5.82 Å². The van der Waals surface area contributed by atoms with Gasteiger partial charge in [-0.1, -0.05) is 11.6 Å². The monoisotopic (exact) mass is 310 g/mol. The average Bonchev–Trinajstić information content (AvgIpc) is 2.49. The van der Waals surface area contributed by atoms with Crippen LogP contribution in [0.5, 0.6) is 0 Å². The Morgan fingerprint density at radius 2 is 2.14 bits per heavy atom. The highest BCUT2D eigenvalue weighted by atomic mass is 35.5.